The summed E-state index contributed by atoms with van der Waals surface area (Å²) in [7, 11) is 0. The molecule has 0 saturated carbocycles. The lowest BCUT2D eigenvalue weighted by atomic mass is 10.1. The minimum atomic E-state index is -0.740. The molecule has 0 atom stereocenters. The molecule has 1 aromatic rings. The predicted octanol–water partition coefficient (Wildman–Crippen LogP) is 2.43. The van der Waals surface area contributed by atoms with Crippen molar-refractivity contribution in [1.82, 2.24) is 0 Å². The molecule has 0 spiro atoms. The Hall–Kier alpha value is -1.02. The summed E-state index contributed by atoms with van der Waals surface area (Å²) in [6.45, 7) is 2.01. The fraction of sp³-hybridized carbons (Fsp3) is 0.300. The summed E-state index contributed by atoms with van der Waals surface area (Å²) < 4.78 is 0. The van der Waals surface area contributed by atoms with E-state index in [9.17, 15) is 4.79 Å². The Morgan fingerprint density at radius 2 is 1.85 bits per heavy atom. The number of aryl methyl sites for hydroxylation is 2. The van der Waals surface area contributed by atoms with Gasteiger partial charge in [0.2, 0.25) is 0 Å². The molecule has 1 N–H and O–H groups in total. The smallest absolute Gasteiger partial charge is 0.303 e. The zero-order valence-corrected chi connectivity index (χ0v) is 8.30. The van der Waals surface area contributed by atoms with Gasteiger partial charge in [0.15, 0.2) is 0 Å². The van der Waals surface area contributed by atoms with Gasteiger partial charge in [0.1, 0.15) is 0 Å². The summed E-state index contributed by atoms with van der Waals surface area (Å²) in [6, 6.07) is 7.94. The van der Waals surface area contributed by atoms with Crippen LogP contribution in [0.1, 0.15) is 17.5 Å². The van der Waals surface area contributed by atoms with Crippen molar-refractivity contribution in [2.45, 2.75) is 19.8 Å². The van der Waals surface area contributed by atoms with E-state index in [2.05, 4.69) is 0 Å². The monoisotopic (exact) mass is 200 g/mol. The minimum absolute atomic E-state index is 0. The molecule has 1 rings (SSSR count). The van der Waals surface area contributed by atoms with Crippen molar-refractivity contribution in [3.05, 3.63) is 35.4 Å². The highest BCUT2D eigenvalue weighted by Crippen LogP contribution is 2.05. The maximum absolute atomic E-state index is 10.2. The Kier molecular flexibility index (Phi) is 5.16. The Morgan fingerprint density at radius 1 is 1.31 bits per heavy atom. The lowest BCUT2D eigenvalue weighted by molar-refractivity contribution is -0.136. The Bertz CT molecular complexity index is 267. The summed E-state index contributed by atoms with van der Waals surface area (Å²) in [5.74, 6) is -0.740. The average Bonchev–Trinajstić information content (AvgIpc) is 2.03. The van der Waals surface area contributed by atoms with E-state index in [0.29, 0.717) is 6.42 Å². The summed E-state index contributed by atoms with van der Waals surface area (Å²) in [6.07, 6.45) is 0.832. The van der Waals surface area contributed by atoms with Crippen LogP contribution in [0.4, 0.5) is 0 Å². The third-order valence-corrected chi connectivity index (χ3v) is 1.75. The molecule has 0 saturated heterocycles. The number of hydrogen-bond donors (Lipinski definition) is 1. The molecule has 72 valence electrons. The van der Waals surface area contributed by atoms with Crippen LogP contribution in [0.3, 0.4) is 0 Å². The Balaban J connectivity index is 0.00000144. The highest BCUT2D eigenvalue weighted by atomic mass is 35.5. The van der Waals surface area contributed by atoms with Crippen LogP contribution in [0.15, 0.2) is 24.3 Å². The first-order valence-corrected chi connectivity index (χ1v) is 3.96. The molecule has 3 heteroatoms. The van der Waals surface area contributed by atoms with Crippen molar-refractivity contribution in [2.75, 3.05) is 0 Å². The molecule has 2 nitrogen and oxygen atoms in total. The molecule has 0 aliphatic carbocycles. The second kappa shape index (κ2) is 5.60. The predicted molar refractivity (Wildman–Crippen MR) is 54.4 cm³/mol. The van der Waals surface area contributed by atoms with Crippen LogP contribution < -0.4 is 0 Å². The molecule has 1 aromatic carbocycles. The van der Waals surface area contributed by atoms with Gasteiger partial charge in [0.05, 0.1) is 0 Å². The van der Waals surface area contributed by atoms with Crippen LogP contribution in [0.25, 0.3) is 0 Å². The van der Waals surface area contributed by atoms with Crippen molar-refractivity contribution < 1.29 is 9.90 Å². The number of carboxylic acid groups (broad SMARTS) is 1. The molecule has 0 bridgehead atoms. The van der Waals surface area contributed by atoms with Gasteiger partial charge in [-0.05, 0) is 18.9 Å². The Morgan fingerprint density at radius 3 is 2.31 bits per heavy atom. The van der Waals surface area contributed by atoms with Gasteiger partial charge in [0, 0.05) is 6.42 Å². The minimum Gasteiger partial charge on any atom is -0.481 e. The van der Waals surface area contributed by atoms with E-state index < -0.39 is 5.97 Å². The molecule has 13 heavy (non-hydrogen) atoms. The molecular formula is C10H13ClO2. The number of carbonyl (C=O) groups is 1. The van der Waals surface area contributed by atoms with E-state index in [1.54, 1.807) is 0 Å². The number of hydrogen-bond acceptors (Lipinski definition) is 1. The lowest BCUT2D eigenvalue weighted by Crippen LogP contribution is -1.97. The molecule has 0 fully saturated rings. The highest BCUT2D eigenvalue weighted by molar-refractivity contribution is 5.85. The van der Waals surface area contributed by atoms with Gasteiger partial charge >= 0.3 is 5.97 Å². The first kappa shape index (κ1) is 12.0. The van der Waals surface area contributed by atoms with Gasteiger partial charge in [-0.15, -0.1) is 12.4 Å². The molecule has 0 radical (unpaired) electrons. The van der Waals surface area contributed by atoms with E-state index in [-0.39, 0.29) is 18.8 Å². The summed E-state index contributed by atoms with van der Waals surface area (Å²) >= 11 is 0. The van der Waals surface area contributed by atoms with Crippen LogP contribution in [0, 0.1) is 6.92 Å². The normalized spacial score (nSPS) is 9.00. The first-order chi connectivity index (χ1) is 5.68. The third kappa shape index (κ3) is 4.53. The van der Waals surface area contributed by atoms with Gasteiger partial charge in [-0.25, -0.2) is 0 Å². The van der Waals surface area contributed by atoms with Crippen LogP contribution in [-0.2, 0) is 11.2 Å². The molecule has 0 aliphatic heterocycles. The van der Waals surface area contributed by atoms with E-state index in [1.165, 1.54) is 5.56 Å². The number of benzene rings is 1. The number of halogens is 1. The first-order valence-electron chi connectivity index (χ1n) is 3.96. The van der Waals surface area contributed by atoms with E-state index in [0.717, 1.165) is 5.56 Å². The summed E-state index contributed by atoms with van der Waals surface area (Å²) in [4.78, 5) is 10.2. The number of aliphatic carboxylic acids is 1. The van der Waals surface area contributed by atoms with E-state index in [4.69, 9.17) is 5.11 Å². The quantitative estimate of drug-likeness (QED) is 0.814. The second-order valence-corrected chi connectivity index (χ2v) is 2.88. The van der Waals surface area contributed by atoms with Crippen molar-refractivity contribution in [2.24, 2.45) is 0 Å². The number of carboxylic acids is 1. The largest absolute Gasteiger partial charge is 0.481 e. The van der Waals surface area contributed by atoms with Gasteiger partial charge in [-0.1, -0.05) is 29.8 Å². The second-order valence-electron chi connectivity index (χ2n) is 2.88. The summed E-state index contributed by atoms with van der Waals surface area (Å²) in [5.41, 5.74) is 2.29. The van der Waals surface area contributed by atoms with Crippen LogP contribution in [0.5, 0.6) is 0 Å². The van der Waals surface area contributed by atoms with Crippen molar-refractivity contribution in [3.63, 3.8) is 0 Å². The van der Waals surface area contributed by atoms with E-state index in [1.807, 2.05) is 31.2 Å². The highest BCUT2D eigenvalue weighted by Gasteiger charge is 1.97. The van der Waals surface area contributed by atoms with Gasteiger partial charge in [-0.2, -0.15) is 0 Å². The van der Waals surface area contributed by atoms with Crippen molar-refractivity contribution in [1.29, 1.82) is 0 Å². The zero-order chi connectivity index (χ0) is 8.97. The summed E-state index contributed by atoms with van der Waals surface area (Å²) in [5, 5.41) is 8.43. The molecule has 0 amide bonds. The SMILES string of the molecule is Cc1ccc(CCC(=O)O)cc1.Cl. The van der Waals surface area contributed by atoms with Crippen LogP contribution >= 0.6 is 12.4 Å². The topological polar surface area (TPSA) is 37.3 Å². The molecule has 0 heterocycles. The zero-order valence-electron chi connectivity index (χ0n) is 7.49. The standard InChI is InChI=1S/C10H12O2.ClH/c1-8-2-4-9(5-3-8)6-7-10(11)12;/h2-5H,6-7H2,1H3,(H,11,12);1H. The van der Waals surface area contributed by atoms with Crippen molar-refractivity contribution in [3.8, 4) is 0 Å². The lowest BCUT2D eigenvalue weighted by Gasteiger charge is -1.98. The molecular weight excluding hydrogens is 188 g/mol. The maximum Gasteiger partial charge on any atom is 0.303 e. The average molecular weight is 201 g/mol. The fourth-order valence-electron chi connectivity index (χ4n) is 1.01. The van der Waals surface area contributed by atoms with Crippen LogP contribution in [0.2, 0.25) is 0 Å². The van der Waals surface area contributed by atoms with Crippen molar-refractivity contribution >= 4 is 18.4 Å². The third-order valence-electron chi connectivity index (χ3n) is 1.75. The molecule has 0 aromatic heterocycles. The number of rotatable bonds is 3. The molecule has 0 aliphatic rings. The van der Waals surface area contributed by atoms with Gasteiger partial charge < -0.3 is 5.11 Å². The van der Waals surface area contributed by atoms with Gasteiger partial charge in [-0.3, -0.25) is 4.79 Å². The fourth-order valence-corrected chi connectivity index (χ4v) is 1.01. The maximum atomic E-state index is 10.2. The molecule has 0 unspecified atom stereocenters. The van der Waals surface area contributed by atoms with Gasteiger partial charge in [0.25, 0.3) is 0 Å². The van der Waals surface area contributed by atoms with E-state index >= 15 is 0 Å². The Labute approximate surface area is 84.0 Å². The van der Waals surface area contributed by atoms with Crippen LogP contribution in [-0.4, -0.2) is 11.1 Å².